The molecule has 2 rings (SSSR count). The van der Waals surface area contributed by atoms with Crippen LogP contribution in [0.5, 0.6) is 0 Å². The number of para-hydroxylation sites is 1. The van der Waals surface area contributed by atoms with Crippen LogP contribution in [0.15, 0.2) is 29.1 Å². The number of nitrogens with two attached hydrogens (primary N) is 1. The van der Waals surface area contributed by atoms with E-state index in [2.05, 4.69) is 25.4 Å². The van der Waals surface area contributed by atoms with Gasteiger partial charge in [-0.1, -0.05) is 11.2 Å². The lowest BCUT2D eigenvalue weighted by Crippen LogP contribution is -2.25. The molecule has 0 radical (unpaired) electrons. The first-order valence-corrected chi connectivity index (χ1v) is 5.41. The second kappa shape index (κ2) is 5.75. The molecule has 1 heterocycles. The summed E-state index contributed by atoms with van der Waals surface area (Å²) in [7, 11) is 0. The van der Waals surface area contributed by atoms with E-state index in [9.17, 15) is 14.9 Å². The van der Waals surface area contributed by atoms with E-state index in [1.807, 2.05) is 0 Å². The number of hydrazine groups is 1. The van der Waals surface area contributed by atoms with Gasteiger partial charge in [0.05, 0.1) is 17.0 Å². The number of amides is 1. The first kappa shape index (κ1) is 13.4. The minimum Gasteiger partial charge on any atom is -0.345 e. The Bertz CT molecular complexity index is 627. The zero-order chi connectivity index (χ0) is 14.5. The van der Waals surface area contributed by atoms with Gasteiger partial charge < -0.3 is 15.3 Å². The lowest BCUT2D eigenvalue weighted by Gasteiger charge is -2.08. The van der Waals surface area contributed by atoms with Crippen molar-refractivity contribution in [3.63, 3.8) is 0 Å². The van der Waals surface area contributed by atoms with Gasteiger partial charge >= 0.3 is 0 Å². The number of hydrogen-bond donors (Lipinski definition) is 3. The summed E-state index contributed by atoms with van der Waals surface area (Å²) in [5.41, 5.74) is 1.86. The van der Waals surface area contributed by atoms with Crippen LogP contribution in [-0.4, -0.2) is 21.0 Å². The fourth-order valence-corrected chi connectivity index (χ4v) is 1.56. The van der Waals surface area contributed by atoms with E-state index in [0.29, 0.717) is 0 Å². The summed E-state index contributed by atoms with van der Waals surface area (Å²) >= 11 is 0. The van der Waals surface area contributed by atoms with E-state index >= 15 is 0 Å². The smallest absolute Gasteiger partial charge is 0.294 e. The first-order chi connectivity index (χ1) is 9.63. The molecular formula is C10H10N6O4. The summed E-state index contributed by atoms with van der Waals surface area (Å²) < 4.78 is 4.51. The van der Waals surface area contributed by atoms with Gasteiger partial charge in [0.15, 0.2) is 5.82 Å². The van der Waals surface area contributed by atoms with E-state index in [1.165, 1.54) is 18.2 Å². The molecular weight excluding hydrogens is 268 g/mol. The van der Waals surface area contributed by atoms with E-state index in [1.54, 1.807) is 0 Å². The molecule has 20 heavy (non-hydrogen) atoms. The summed E-state index contributed by atoms with van der Waals surface area (Å²) in [6, 6.07) is 4.04. The molecule has 0 fully saturated rings. The molecule has 1 amide bonds. The van der Waals surface area contributed by atoms with Crippen molar-refractivity contribution in [1.29, 1.82) is 0 Å². The normalized spacial score (nSPS) is 10.1. The van der Waals surface area contributed by atoms with Gasteiger partial charge in [0, 0.05) is 6.07 Å². The molecule has 104 valence electrons. The van der Waals surface area contributed by atoms with Gasteiger partial charge in [0.2, 0.25) is 6.39 Å². The molecule has 0 saturated carbocycles. The van der Waals surface area contributed by atoms with Crippen LogP contribution >= 0.6 is 0 Å². The number of rotatable bonds is 5. The number of carbonyl (C=O) groups is 1. The molecule has 0 aliphatic rings. The highest BCUT2D eigenvalue weighted by Gasteiger charge is 2.20. The number of nitro benzene ring substituents is 1. The van der Waals surface area contributed by atoms with Crippen molar-refractivity contribution < 1.29 is 14.2 Å². The molecule has 0 unspecified atom stereocenters. The summed E-state index contributed by atoms with van der Waals surface area (Å²) in [6.07, 6.45) is 1.13. The van der Waals surface area contributed by atoms with Crippen LogP contribution in [-0.2, 0) is 6.54 Å². The van der Waals surface area contributed by atoms with Crippen LogP contribution in [0, 0.1) is 10.1 Å². The van der Waals surface area contributed by atoms with Crippen molar-refractivity contribution in [3.05, 3.63) is 46.1 Å². The topological polar surface area (TPSA) is 149 Å². The number of aromatic nitrogens is 2. The molecule has 0 spiro atoms. The highest BCUT2D eigenvalue weighted by atomic mass is 16.6. The summed E-state index contributed by atoms with van der Waals surface area (Å²) in [6.45, 7) is 0.0298. The van der Waals surface area contributed by atoms with Crippen molar-refractivity contribution in [3.8, 4) is 0 Å². The molecule has 0 aliphatic heterocycles. The highest BCUT2D eigenvalue weighted by Crippen LogP contribution is 2.27. The molecule has 1 aromatic heterocycles. The minimum absolute atomic E-state index is 0.0298. The van der Waals surface area contributed by atoms with E-state index < -0.39 is 10.8 Å². The maximum Gasteiger partial charge on any atom is 0.294 e. The number of nitrogens with one attached hydrogen (secondary N) is 2. The average molecular weight is 278 g/mol. The SMILES string of the molecule is NNc1c(C(=O)NCc2ncon2)cccc1[N+](=O)[O-]. The number of benzene rings is 1. The lowest BCUT2D eigenvalue weighted by molar-refractivity contribution is -0.384. The largest absolute Gasteiger partial charge is 0.345 e. The lowest BCUT2D eigenvalue weighted by atomic mass is 10.1. The maximum atomic E-state index is 12.0. The quantitative estimate of drug-likeness (QED) is 0.398. The van der Waals surface area contributed by atoms with Crippen molar-refractivity contribution >= 4 is 17.3 Å². The Kier molecular flexibility index (Phi) is 3.86. The first-order valence-electron chi connectivity index (χ1n) is 5.41. The second-order valence-corrected chi connectivity index (χ2v) is 3.63. The van der Waals surface area contributed by atoms with Gasteiger partial charge in [0.25, 0.3) is 11.6 Å². The fourth-order valence-electron chi connectivity index (χ4n) is 1.56. The predicted molar refractivity (Wildman–Crippen MR) is 66.4 cm³/mol. The Balaban J connectivity index is 2.21. The number of nitro groups is 1. The van der Waals surface area contributed by atoms with Crippen LogP contribution in [0.2, 0.25) is 0 Å². The number of hydrogen-bond acceptors (Lipinski definition) is 8. The van der Waals surface area contributed by atoms with Crippen LogP contribution in [0.4, 0.5) is 11.4 Å². The number of nitrogens with zero attached hydrogens (tertiary/aromatic N) is 3. The molecule has 4 N–H and O–H groups in total. The maximum absolute atomic E-state index is 12.0. The van der Waals surface area contributed by atoms with Gasteiger partial charge in [-0.3, -0.25) is 20.8 Å². The van der Waals surface area contributed by atoms with Gasteiger partial charge in [-0.2, -0.15) is 4.98 Å². The van der Waals surface area contributed by atoms with Crippen molar-refractivity contribution in [1.82, 2.24) is 15.5 Å². The van der Waals surface area contributed by atoms with Crippen LogP contribution < -0.4 is 16.6 Å². The van der Waals surface area contributed by atoms with E-state index in [0.717, 1.165) is 6.39 Å². The average Bonchev–Trinajstić information content (AvgIpc) is 2.97. The number of nitrogen functional groups attached to an aromatic ring is 1. The third-order valence-corrected chi connectivity index (χ3v) is 2.44. The number of carbonyl (C=O) groups excluding carboxylic acids is 1. The standard InChI is InChI=1S/C10H10N6O4/c11-14-9-6(2-1-3-7(9)16(18)19)10(17)12-4-8-13-5-20-15-8/h1-3,5,14H,4,11H2,(H,12,17). The molecule has 1 aromatic carbocycles. The van der Waals surface area contributed by atoms with Crippen LogP contribution in [0.25, 0.3) is 0 Å². The van der Waals surface area contributed by atoms with E-state index in [4.69, 9.17) is 5.84 Å². The third-order valence-electron chi connectivity index (χ3n) is 2.44. The van der Waals surface area contributed by atoms with Crippen molar-refractivity contribution in [2.45, 2.75) is 6.54 Å². The zero-order valence-electron chi connectivity index (χ0n) is 10.1. The molecule has 2 aromatic rings. The Labute approximate surface area is 112 Å². The molecule has 0 bridgehead atoms. The number of anilines is 1. The van der Waals surface area contributed by atoms with Gasteiger partial charge in [-0.15, -0.1) is 0 Å². The van der Waals surface area contributed by atoms with Gasteiger partial charge in [0.1, 0.15) is 5.69 Å². The monoisotopic (exact) mass is 278 g/mol. The van der Waals surface area contributed by atoms with Crippen LogP contribution in [0.3, 0.4) is 0 Å². The van der Waals surface area contributed by atoms with Crippen LogP contribution in [0.1, 0.15) is 16.2 Å². The summed E-state index contributed by atoms with van der Waals surface area (Å²) in [4.78, 5) is 25.9. The Morgan fingerprint density at radius 3 is 2.90 bits per heavy atom. The predicted octanol–water partition coefficient (Wildman–Crippen LogP) is 0.193. The minimum atomic E-state index is -0.634. The van der Waals surface area contributed by atoms with Gasteiger partial charge in [-0.05, 0) is 6.07 Å². The Morgan fingerprint density at radius 1 is 1.50 bits per heavy atom. The van der Waals surface area contributed by atoms with Gasteiger partial charge in [-0.25, -0.2) is 0 Å². The molecule has 0 saturated heterocycles. The summed E-state index contributed by atoms with van der Waals surface area (Å²) in [5.74, 6) is 4.98. The molecule has 10 heteroatoms. The molecule has 10 nitrogen and oxygen atoms in total. The fraction of sp³-hybridized carbons (Fsp3) is 0.100. The molecule has 0 aliphatic carbocycles. The van der Waals surface area contributed by atoms with Crippen molar-refractivity contribution in [2.24, 2.45) is 5.84 Å². The Morgan fingerprint density at radius 2 is 2.30 bits per heavy atom. The molecule has 0 atom stereocenters. The summed E-state index contributed by atoms with van der Waals surface area (Å²) in [5, 5.41) is 16.9. The van der Waals surface area contributed by atoms with Crippen molar-refractivity contribution in [2.75, 3.05) is 5.43 Å². The van der Waals surface area contributed by atoms with E-state index in [-0.39, 0.29) is 29.3 Å². The Hall–Kier alpha value is -3.01. The third kappa shape index (κ3) is 2.70. The zero-order valence-corrected chi connectivity index (χ0v) is 10.1. The highest BCUT2D eigenvalue weighted by molar-refractivity contribution is 6.01. The second-order valence-electron chi connectivity index (χ2n) is 3.63.